The predicted molar refractivity (Wildman–Crippen MR) is 187 cm³/mol. The van der Waals surface area contributed by atoms with Crippen molar-refractivity contribution in [2.45, 2.75) is 45.6 Å². The molecule has 1 aliphatic rings. The standard InChI is InChI=1S/C34H42N6O11/c1-34(2,3)51-33(43)38-15-11-22(12-16-38)10-6-9-17-50-28-20-23(31(35)41)18-25(39(44)45)30(28)37-14-8-7-13-36-29-26(40(46)47)19-24(32(42)49-5)21-27(29)48-4/h7-8,18-22,36-37H,10-17H2,1-5H3,(H2,35,41)/b8-7+. The van der Waals surface area contributed by atoms with Gasteiger partial charge in [-0.25, -0.2) is 9.59 Å². The fourth-order valence-corrected chi connectivity index (χ4v) is 5.01. The van der Waals surface area contributed by atoms with Crippen molar-refractivity contribution >= 4 is 40.7 Å². The number of nitrogens with one attached hydrogen (secondary N) is 2. The molecular formula is C34H42N6O11. The molecule has 1 fully saturated rings. The molecule has 274 valence electrons. The summed E-state index contributed by atoms with van der Waals surface area (Å²) in [4.78, 5) is 60.1. The molecule has 51 heavy (non-hydrogen) atoms. The topological polar surface area (TPSA) is 228 Å². The molecule has 2 aromatic rings. The number of methoxy groups -OCH3 is 2. The molecule has 0 radical (unpaired) electrons. The molecule has 0 atom stereocenters. The Balaban J connectivity index is 1.64. The Morgan fingerprint density at radius 2 is 1.47 bits per heavy atom. The Morgan fingerprint density at radius 1 is 0.922 bits per heavy atom. The number of piperidine rings is 1. The first kappa shape index (κ1) is 39.4. The van der Waals surface area contributed by atoms with Crippen molar-refractivity contribution in [3.63, 3.8) is 0 Å². The van der Waals surface area contributed by atoms with Crippen LogP contribution in [0.3, 0.4) is 0 Å². The molecule has 3 rings (SSSR count). The van der Waals surface area contributed by atoms with Crippen molar-refractivity contribution < 1.29 is 43.2 Å². The van der Waals surface area contributed by atoms with E-state index in [9.17, 15) is 34.6 Å². The lowest BCUT2D eigenvalue weighted by atomic mass is 9.94. The summed E-state index contributed by atoms with van der Waals surface area (Å²) in [6.45, 7) is 6.62. The van der Waals surface area contributed by atoms with E-state index in [2.05, 4.69) is 27.2 Å². The number of esters is 1. The fraction of sp³-hybridized carbons (Fsp3) is 0.441. The number of nitrogens with two attached hydrogens (primary N) is 1. The van der Waals surface area contributed by atoms with Gasteiger partial charge in [0.1, 0.15) is 18.0 Å². The van der Waals surface area contributed by atoms with E-state index < -0.39 is 38.7 Å². The lowest BCUT2D eigenvalue weighted by Gasteiger charge is -2.32. The first-order chi connectivity index (χ1) is 24.1. The van der Waals surface area contributed by atoms with Gasteiger partial charge in [0.25, 0.3) is 11.4 Å². The van der Waals surface area contributed by atoms with E-state index in [0.717, 1.165) is 32.1 Å². The average Bonchev–Trinajstić information content (AvgIpc) is 3.08. The molecule has 0 aliphatic carbocycles. The van der Waals surface area contributed by atoms with Crippen LogP contribution < -0.4 is 25.8 Å². The Bertz CT molecular complexity index is 1720. The molecule has 0 spiro atoms. The van der Waals surface area contributed by atoms with E-state index in [1.807, 2.05) is 20.8 Å². The molecule has 1 saturated heterocycles. The smallest absolute Gasteiger partial charge is 0.410 e. The third-order valence-electron chi connectivity index (χ3n) is 7.52. The number of nitrogens with zero attached hydrogens (tertiary/aromatic N) is 3. The van der Waals surface area contributed by atoms with Crippen molar-refractivity contribution in [1.29, 1.82) is 0 Å². The van der Waals surface area contributed by atoms with Crippen molar-refractivity contribution in [3.05, 3.63) is 67.8 Å². The Morgan fingerprint density at radius 3 is 1.98 bits per heavy atom. The lowest BCUT2D eigenvalue weighted by molar-refractivity contribution is -0.384. The summed E-state index contributed by atoms with van der Waals surface area (Å²) in [5.41, 5.74) is 3.85. The number of ether oxygens (including phenoxy) is 4. The zero-order valence-electron chi connectivity index (χ0n) is 29.1. The van der Waals surface area contributed by atoms with Crippen LogP contribution in [0.1, 0.15) is 60.7 Å². The first-order valence-electron chi connectivity index (χ1n) is 15.9. The number of rotatable bonds is 14. The monoisotopic (exact) mass is 710 g/mol. The van der Waals surface area contributed by atoms with Crippen LogP contribution in [0.5, 0.6) is 11.5 Å². The summed E-state index contributed by atoms with van der Waals surface area (Å²) >= 11 is 0. The summed E-state index contributed by atoms with van der Waals surface area (Å²) < 4.78 is 21.1. The normalized spacial score (nSPS) is 13.1. The van der Waals surface area contributed by atoms with Crippen LogP contribution in [0.25, 0.3) is 0 Å². The predicted octanol–water partition coefficient (Wildman–Crippen LogP) is 4.90. The SMILES string of the molecule is COC(=O)c1cc(OC)c(NC/C=C/CNc2c(OCC#CCC3CCN(C(=O)OC(C)(C)C)CC3)cc(C(N)=O)cc2[N+](=O)[O-])c([N+](=O)[O-])c1. The van der Waals surface area contributed by atoms with E-state index in [4.69, 9.17) is 19.9 Å². The van der Waals surface area contributed by atoms with E-state index in [-0.39, 0.29) is 65.7 Å². The molecule has 17 heteroatoms. The largest absolute Gasteiger partial charge is 0.494 e. The first-order valence-corrected chi connectivity index (χ1v) is 15.9. The van der Waals surface area contributed by atoms with E-state index in [1.54, 1.807) is 17.1 Å². The Kier molecular flexibility index (Phi) is 14.0. The Labute approximate surface area is 294 Å². The van der Waals surface area contributed by atoms with Gasteiger partial charge >= 0.3 is 12.1 Å². The second kappa shape index (κ2) is 18.1. The highest BCUT2D eigenvalue weighted by Crippen LogP contribution is 2.37. The molecule has 2 aromatic carbocycles. The van der Waals surface area contributed by atoms with Gasteiger partial charge in [0.15, 0.2) is 17.1 Å². The highest BCUT2D eigenvalue weighted by molar-refractivity contribution is 5.96. The van der Waals surface area contributed by atoms with Crippen LogP contribution in [0.15, 0.2) is 36.4 Å². The van der Waals surface area contributed by atoms with E-state index in [1.165, 1.54) is 19.2 Å². The number of benzene rings is 2. The van der Waals surface area contributed by atoms with Crippen LogP contribution in [-0.4, -0.2) is 85.3 Å². The van der Waals surface area contributed by atoms with Gasteiger partial charge in [-0.05, 0) is 51.7 Å². The average molecular weight is 711 g/mol. The number of carbonyl (C=O) groups excluding carboxylic acids is 3. The Hall–Kier alpha value is -6.05. The van der Waals surface area contributed by atoms with Crippen LogP contribution >= 0.6 is 0 Å². The van der Waals surface area contributed by atoms with Crippen LogP contribution in [0.2, 0.25) is 0 Å². The minimum Gasteiger partial charge on any atom is -0.494 e. The second-order valence-corrected chi connectivity index (χ2v) is 12.3. The van der Waals surface area contributed by atoms with Gasteiger partial charge in [-0.2, -0.15) is 0 Å². The number of carbonyl (C=O) groups is 3. The lowest BCUT2D eigenvalue weighted by Crippen LogP contribution is -2.41. The minimum atomic E-state index is -0.881. The van der Waals surface area contributed by atoms with Crippen molar-refractivity contribution in [2.75, 3.05) is 57.6 Å². The summed E-state index contributed by atoms with van der Waals surface area (Å²) in [6.07, 6.45) is 4.99. The van der Waals surface area contributed by atoms with Gasteiger partial charge in [-0.15, -0.1) is 0 Å². The molecule has 0 saturated carbocycles. The third-order valence-corrected chi connectivity index (χ3v) is 7.52. The number of hydrogen-bond donors (Lipinski definition) is 3. The summed E-state index contributed by atoms with van der Waals surface area (Å²) in [5.74, 6) is 4.65. The van der Waals surface area contributed by atoms with E-state index in [0.29, 0.717) is 19.5 Å². The molecular weight excluding hydrogens is 668 g/mol. The highest BCUT2D eigenvalue weighted by atomic mass is 16.6. The number of primary amides is 1. The minimum absolute atomic E-state index is 0.00412. The summed E-state index contributed by atoms with van der Waals surface area (Å²) in [6, 6.07) is 4.71. The molecule has 2 amide bonds. The molecule has 0 aromatic heterocycles. The molecule has 0 unspecified atom stereocenters. The third kappa shape index (κ3) is 11.5. The van der Waals surface area contributed by atoms with Crippen molar-refractivity contribution in [3.8, 4) is 23.3 Å². The molecule has 4 N–H and O–H groups in total. The van der Waals surface area contributed by atoms with Crippen molar-refractivity contribution in [2.24, 2.45) is 11.7 Å². The number of likely N-dealkylation sites (tertiary alicyclic amines) is 1. The number of anilines is 2. The molecule has 1 aliphatic heterocycles. The van der Waals surface area contributed by atoms with Gasteiger partial charge in [0.05, 0.1) is 29.6 Å². The van der Waals surface area contributed by atoms with Gasteiger partial charge in [-0.1, -0.05) is 24.0 Å². The van der Waals surface area contributed by atoms with E-state index >= 15 is 0 Å². The van der Waals surface area contributed by atoms with Crippen molar-refractivity contribution in [1.82, 2.24) is 4.90 Å². The van der Waals surface area contributed by atoms with Gasteiger partial charge in [0.2, 0.25) is 5.91 Å². The molecule has 17 nitrogen and oxygen atoms in total. The van der Waals surface area contributed by atoms with Gasteiger partial charge in [-0.3, -0.25) is 25.0 Å². The molecule has 0 bridgehead atoms. The maximum Gasteiger partial charge on any atom is 0.410 e. The second-order valence-electron chi connectivity index (χ2n) is 12.3. The number of amides is 2. The van der Waals surface area contributed by atoms with Gasteiger partial charge in [0, 0.05) is 50.3 Å². The zero-order valence-corrected chi connectivity index (χ0v) is 29.1. The van der Waals surface area contributed by atoms with Crippen LogP contribution in [0.4, 0.5) is 27.5 Å². The summed E-state index contributed by atoms with van der Waals surface area (Å²) in [7, 11) is 2.45. The highest BCUT2D eigenvalue weighted by Gasteiger charge is 2.27. The number of nitro benzene ring substituents is 2. The van der Waals surface area contributed by atoms with Crippen LogP contribution in [0, 0.1) is 38.0 Å². The maximum absolute atomic E-state index is 12.3. The number of nitro groups is 2. The summed E-state index contributed by atoms with van der Waals surface area (Å²) in [5, 5.41) is 29.4. The van der Waals surface area contributed by atoms with Gasteiger partial charge < -0.3 is 40.2 Å². The molecule has 1 heterocycles. The zero-order chi connectivity index (χ0) is 37.7. The quantitative estimate of drug-likeness (QED) is 0.0780. The number of hydrogen-bond acceptors (Lipinski definition) is 13. The maximum atomic E-state index is 12.3. The van der Waals surface area contributed by atoms with Crippen LogP contribution in [-0.2, 0) is 9.47 Å². The fourth-order valence-electron chi connectivity index (χ4n) is 5.01.